The van der Waals surface area contributed by atoms with Crippen LogP contribution in [0.3, 0.4) is 0 Å². The number of benzene rings is 1. The van der Waals surface area contributed by atoms with Gasteiger partial charge in [0.25, 0.3) is 0 Å². The van der Waals surface area contributed by atoms with Gasteiger partial charge in [0, 0.05) is 20.5 Å². The first-order chi connectivity index (χ1) is 11.0. The molecule has 1 aromatic carbocycles. The summed E-state index contributed by atoms with van der Waals surface area (Å²) in [4.78, 5) is 6.26. The van der Waals surface area contributed by atoms with E-state index in [-0.39, 0.29) is 5.44 Å². The summed E-state index contributed by atoms with van der Waals surface area (Å²) < 4.78 is 5.87. The predicted molar refractivity (Wildman–Crippen MR) is 89.3 cm³/mol. The highest BCUT2D eigenvalue weighted by atomic mass is 32.2. The lowest BCUT2D eigenvalue weighted by atomic mass is 9.92. The van der Waals surface area contributed by atoms with Crippen molar-refractivity contribution in [2.75, 3.05) is 14.1 Å². The fourth-order valence-electron chi connectivity index (χ4n) is 2.88. The molecule has 3 rings (SSSR count). The molecular weight excluding hydrogens is 316 g/mol. The van der Waals surface area contributed by atoms with Gasteiger partial charge in [0.05, 0.1) is 6.10 Å². The minimum absolute atomic E-state index is 0.360. The first kappa shape index (κ1) is 16.7. The van der Waals surface area contributed by atoms with Gasteiger partial charge in [0.2, 0.25) is 0 Å². The summed E-state index contributed by atoms with van der Waals surface area (Å²) in [5.74, 6) is 0. The van der Waals surface area contributed by atoms with Crippen LogP contribution in [0.2, 0.25) is 0 Å². The van der Waals surface area contributed by atoms with Crippen molar-refractivity contribution in [1.82, 2.24) is 4.90 Å². The van der Waals surface area contributed by atoms with Crippen molar-refractivity contribution in [3.05, 3.63) is 35.9 Å². The molecule has 1 fully saturated rings. The van der Waals surface area contributed by atoms with Crippen LogP contribution in [-0.4, -0.2) is 75.4 Å². The standard InChI is InChI=1S/C16H22N2O4S/c1-18(2)16-17-11-12(20)13(21)14(22-15(11)23-16)10(19)8-9-6-4-3-5-7-9/h3-7,10-15,19-21H,8H2,1-2H3/t10-,11-,12-,13+,14-,15-/m1/s1. The van der Waals surface area contributed by atoms with Crippen molar-refractivity contribution < 1.29 is 20.1 Å². The van der Waals surface area contributed by atoms with Crippen molar-refractivity contribution >= 4 is 16.9 Å². The molecule has 3 N–H and O–H groups in total. The van der Waals surface area contributed by atoms with Gasteiger partial charge in [-0.2, -0.15) is 0 Å². The van der Waals surface area contributed by atoms with Crippen molar-refractivity contribution in [3.8, 4) is 0 Å². The van der Waals surface area contributed by atoms with E-state index in [0.29, 0.717) is 6.42 Å². The molecule has 0 saturated carbocycles. The Morgan fingerprint density at radius 2 is 1.91 bits per heavy atom. The van der Waals surface area contributed by atoms with Crippen molar-refractivity contribution in [1.29, 1.82) is 0 Å². The monoisotopic (exact) mass is 338 g/mol. The zero-order chi connectivity index (χ0) is 16.6. The Morgan fingerprint density at radius 3 is 2.57 bits per heavy atom. The lowest BCUT2D eigenvalue weighted by Crippen LogP contribution is -2.58. The zero-order valence-electron chi connectivity index (χ0n) is 13.1. The van der Waals surface area contributed by atoms with Crippen molar-refractivity contribution in [2.45, 2.75) is 42.3 Å². The fraction of sp³-hybridized carbons (Fsp3) is 0.562. The molecule has 0 unspecified atom stereocenters. The summed E-state index contributed by atoms with van der Waals surface area (Å²) in [6.07, 6.45) is -3.59. The summed E-state index contributed by atoms with van der Waals surface area (Å²) in [7, 11) is 3.74. The molecule has 2 aliphatic heterocycles. The van der Waals surface area contributed by atoms with Crippen LogP contribution in [-0.2, 0) is 11.2 Å². The Morgan fingerprint density at radius 1 is 1.22 bits per heavy atom. The van der Waals surface area contributed by atoms with Crippen molar-refractivity contribution in [2.24, 2.45) is 4.99 Å². The number of fused-ring (bicyclic) bond motifs is 1. The lowest BCUT2D eigenvalue weighted by Gasteiger charge is -2.40. The number of nitrogens with zero attached hydrogens (tertiary/aromatic N) is 2. The zero-order valence-corrected chi connectivity index (χ0v) is 13.9. The second-order valence-corrected chi connectivity index (χ2v) is 7.19. The van der Waals surface area contributed by atoms with Gasteiger partial charge in [-0.05, 0) is 5.56 Å². The van der Waals surface area contributed by atoms with Crippen molar-refractivity contribution in [3.63, 3.8) is 0 Å². The highest BCUT2D eigenvalue weighted by Crippen LogP contribution is 2.38. The van der Waals surface area contributed by atoms with E-state index < -0.39 is 30.5 Å². The van der Waals surface area contributed by atoms with Crippen LogP contribution in [0.1, 0.15) is 5.56 Å². The number of aliphatic hydroxyl groups is 3. The van der Waals surface area contributed by atoms with E-state index in [0.717, 1.165) is 10.7 Å². The third-order valence-corrected chi connectivity index (χ3v) is 5.44. The summed E-state index contributed by atoms with van der Waals surface area (Å²) in [6, 6.07) is 9.02. The van der Waals surface area contributed by atoms with E-state index in [1.165, 1.54) is 11.8 Å². The molecule has 23 heavy (non-hydrogen) atoms. The Kier molecular flexibility index (Phi) is 4.93. The number of ether oxygens (including phenoxy) is 1. The second kappa shape index (κ2) is 6.78. The van der Waals surface area contributed by atoms with Gasteiger partial charge < -0.3 is 25.0 Å². The van der Waals surface area contributed by atoms with E-state index in [9.17, 15) is 15.3 Å². The molecular formula is C16H22N2O4S. The van der Waals surface area contributed by atoms with E-state index >= 15 is 0 Å². The maximum Gasteiger partial charge on any atom is 0.161 e. The average molecular weight is 338 g/mol. The molecule has 0 aromatic heterocycles. The molecule has 0 bridgehead atoms. The lowest BCUT2D eigenvalue weighted by molar-refractivity contribution is -0.184. The van der Waals surface area contributed by atoms with Gasteiger partial charge in [-0.3, -0.25) is 4.99 Å². The van der Waals surface area contributed by atoms with E-state index in [4.69, 9.17) is 4.74 Å². The number of hydrogen-bond acceptors (Lipinski definition) is 7. The smallest absolute Gasteiger partial charge is 0.161 e. The van der Waals surface area contributed by atoms with Gasteiger partial charge in [0.15, 0.2) is 5.17 Å². The normalized spacial score (nSPS) is 34.7. The molecule has 0 spiro atoms. The molecule has 1 aromatic rings. The van der Waals surface area contributed by atoms with Crippen LogP contribution >= 0.6 is 11.8 Å². The Labute approximate surface area is 139 Å². The highest BCUT2D eigenvalue weighted by molar-refractivity contribution is 8.14. The summed E-state index contributed by atoms with van der Waals surface area (Å²) >= 11 is 1.41. The third-order valence-electron chi connectivity index (χ3n) is 4.14. The quantitative estimate of drug-likeness (QED) is 0.723. The summed E-state index contributed by atoms with van der Waals surface area (Å²) in [6.45, 7) is 0. The Bertz CT molecular complexity index is 568. The van der Waals surface area contributed by atoms with Crippen LogP contribution in [0.4, 0.5) is 0 Å². The molecule has 126 valence electrons. The number of aliphatic imine (C=N–C) groups is 1. The number of aliphatic hydroxyl groups excluding tert-OH is 3. The van der Waals surface area contributed by atoms with Gasteiger partial charge in [-0.1, -0.05) is 42.1 Å². The SMILES string of the molecule is CN(C)C1=N[C@@H]2[C@@H](O)[C@H](O)[C@@H]([C@H](O)Cc3ccccc3)O[C@@H]2S1. The molecule has 0 aliphatic carbocycles. The second-order valence-electron chi connectivity index (χ2n) is 6.12. The topological polar surface area (TPSA) is 85.5 Å². The van der Waals surface area contributed by atoms with E-state index in [1.807, 2.05) is 49.3 Å². The van der Waals surface area contributed by atoms with Gasteiger partial charge in [-0.15, -0.1) is 0 Å². The molecule has 2 heterocycles. The number of thioether (sulfide) groups is 1. The van der Waals surface area contributed by atoms with Gasteiger partial charge >= 0.3 is 0 Å². The number of hydrogen-bond donors (Lipinski definition) is 3. The van der Waals surface area contributed by atoms with E-state index in [1.54, 1.807) is 0 Å². The molecule has 0 amide bonds. The van der Waals surface area contributed by atoms with Crippen LogP contribution in [0.15, 0.2) is 35.3 Å². The summed E-state index contributed by atoms with van der Waals surface area (Å²) in [5, 5.41) is 31.9. The number of amidine groups is 1. The minimum atomic E-state index is -1.17. The first-order valence-corrected chi connectivity index (χ1v) is 8.50. The Hall–Kier alpha value is -1.12. The molecule has 1 saturated heterocycles. The molecule has 2 aliphatic rings. The third kappa shape index (κ3) is 3.39. The molecule has 7 heteroatoms. The van der Waals surface area contributed by atoms with E-state index in [2.05, 4.69) is 4.99 Å². The molecule has 0 radical (unpaired) electrons. The minimum Gasteiger partial charge on any atom is -0.390 e. The van der Waals surface area contributed by atoms with Crippen LogP contribution in [0, 0.1) is 0 Å². The first-order valence-electron chi connectivity index (χ1n) is 7.62. The molecule has 6 atom stereocenters. The van der Waals surface area contributed by atoms with Gasteiger partial charge in [0.1, 0.15) is 29.8 Å². The number of rotatable bonds is 3. The largest absolute Gasteiger partial charge is 0.390 e. The maximum atomic E-state index is 10.5. The summed E-state index contributed by atoms with van der Waals surface area (Å²) in [5.41, 5.74) is 0.568. The van der Waals surface area contributed by atoms with Gasteiger partial charge in [-0.25, -0.2) is 0 Å². The fourth-order valence-corrected chi connectivity index (χ4v) is 4.03. The Balaban J connectivity index is 1.71. The highest BCUT2D eigenvalue weighted by Gasteiger charge is 2.50. The maximum absolute atomic E-state index is 10.5. The van der Waals surface area contributed by atoms with Crippen LogP contribution in [0.5, 0.6) is 0 Å². The predicted octanol–water partition coefficient (Wildman–Crippen LogP) is 0.0697. The van der Waals surface area contributed by atoms with Crippen LogP contribution < -0.4 is 0 Å². The molecule has 6 nitrogen and oxygen atoms in total. The van der Waals surface area contributed by atoms with Crippen LogP contribution in [0.25, 0.3) is 0 Å². The average Bonchev–Trinajstić information content (AvgIpc) is 2.96.